The van der Waals surface area contributed by atoms with E-state index in [1.807, 2.05) is 6.07 Å². The van der Waals surface area contributed by atoms with Gasteiger partial charge in [0.05, 0.1) is 30.0 Å². The minimum atomic E-state index is -0.929. The first-order valence-corrected chi connectivity index (χ1v) is 7.45. The Labute approximate surface area is 123 Å². The van der Waals surface area contributed by atoms with Crippen molar-refractivity contribution >= 4 is 23.3 Å². The number of halogens is 1. The Bertz CT molecular complexity index is 518. The third-order valence-corrected chi connectivity index (χ3v) is 4.47. The van der Waals surface area contributed by atoms with Crippen LogP contribution in [0.5, 0.6) is 0 Å². The number of ether oxygens (including phenoxy) is 1. The molecule has 0 aromatic heterocycles. The fourth-order valence-corrected chi connectivity index (χ4v) is 3.50. The van der Waals surface area contributed by atoms with E-state index in [1.165, 1.54) is 18.9 Å². The van der Waals surface area contributed by atoms with Gasteiger partial charge in [-0.05, 0) is 31.0 Å². The van der Waals surface area contributed by atoms with Crippen LogP contribution in [0, 0.1) is 0 Å². The number of rotatable bonds is 2. The topological polar surface area (TPSA) is 49.8 Å². The standard InChI is InChI=1S/C15H18ClNO3/c16-10-5-6-12(11(9-10)15(18)19)17-7-8-20-14-4-2-1-3-13(14)17/h5-6,9,13-14H,1-4,7-8H2,(H,18,19). The second-order valence-corrected chi connectivity index (χ2v) is 5.86. The van der Waals surface area contributed by atoms with Crippen molar-refractivity contribution in [2.45, 2.75) is 37.8 Å². The van der Waals surface area contributed by atoms with E-state index in [9.17, 15) is 9.90 Å². The number of anilines is 1. The molecular formula is C15H18ClNO3. The fraction of sp³-hybridized carbons (Fsp3) is 0.533. The minimum absolute atomic E-state index is 0.231. The lowest BCUT2D eigenvalue weighted by Gasteiger charge is -2.45. The normalized spacial score (nSPS) is 26.1. The minimum Gasteiger partial charge on any atom is -0.478 e. The van der Waals surface area contributed by atoms with Crippen molar-refractivity contribution in [2.75, 3.05) is 18.1 Å². The van der Waals surface area contributed by atoms with E-state index in [2.05, 4.69) is 4.90 Å². The van der Waals surface area contributed by atoms with Gasteiger partial charge < -0.3 is 14.7 Å². The van der Waals surface area contributed by atoms with Crippen LogP contribution in [0.1, 0.15) is 36.0 Å². The average Bonchev–Trinajstić information content (AvgIpc) is 2.46. The smallest absolute Gasteiger partial charge is 0.337 e. The molecule has 1 heterocycles. The summed E-state index contributed by atoms with van der Waals surface area (Å²) in [5.74, 6) is -0.929. The second kappa shape index (κ2) is 5.62. The Morgan fingerprint density at radius 3 is 2.95 bits per heavy atom. The number of benzene rings is 1. The molecule has 1 saturated heterocycles. The van der Waals surface area contributed by atoms with Crippen LogP contribution in [0.2, 0.25) is 5.02 Å². The molecule has 20 heavy (non-hydrogen) atoms. The molecule has 2 atom stereocenters. The lowest BCUT2D eigenvalue weighted by atomic mass is 9.89. The summed E-state index contributed by atoms with van der Waals surface area (Å²) < 4.78 is 5.84. The molecule has 4 nitrogen and oxygen atoms in total. The number of carbonyl (C=O) groups is 1. The molecule has 2 fully saturated rings. The van der Waals surface area contributed by atoms with Gasteiger partial charge in [-0.15, -0.1) is 0 Å². The van der Waals surface area contributed by atoms with E-state index in [0.717, 1.165) is 25.1 Å². The molecule has 1 aliphatic heterocycles. The highest BCUT2D eigenvalue weighted by Gasteiger charge is 2.35. The van der Waals surface area contributed by atoms with Gasteiger partial charge >= 0.3 is 5.97 Å². The van der Waals surface area contributed by atoms with Gasteiger partial charge in [-0.25, -0.2) is 4.79 Å². The first-order valence-electron chi connectivity index (χ1n) is 7.08. The van der Waals surface area contributed by atoms with Crippen LogP contribution in [0.4, 0.5) is 5.69 Å². The number of carboxylic acids is 1. The summed E-state index contributed by atoms with van der Waals surface area (Å²) in [6.07, 6.45) is 4.73. The number of hydrogen-bond acceptors (Lipinski definition) is 3. The maximum atomic E-state index is 11.5. The molecule has 5 heteroatoms. The lowest BCUT2D eigenvalue weighted by molar-refractivity contribution is -0.00878. The van der Waals surface area contributed by atoms with E-state index < -0.39 is 5.97 Å². The van der Waals surface area contributed by atoms with Crippen molar-refractivity contribution in [3.05, 3.63) is 28.8 Å². The summed E-state index contributed by atoms with van der Waals surface area (Å²) >= 11 is 5.93. The summed E-state index contributed by atoms with van der Waals surface area (Å²) in [5.41, 5.74) is 1.05. The Hall–Kier alpha value is -1.26. The number of nitrogens with zero attached hydrogens (tertiary/aromatic N) is 1. The van der Waals surface area contributed by atoms with Gasteiger partial charge in [0, 0.05) is 11.6 Å². The average molecular weight is 296 g/mol. The quantitative estimate of drug-likeness (QED) is 0.910. The van der Waals surface area contributed by atoms with E-state index >= 15 is 0 Å². The van der Waals surface area contributed by atoms with Crippen LogP contribution < -0.4 is 4.90 Å². The highest BCUT2D eigenvalue weighted by Crippen LogP contribution is 2.34. The molecule has 0 radical (unpaired) electrons. The second-order valence-electron chi connectivity index (χ2n) is 5.42. The Morgan fingerprint density at radius 1 is 1.35 bits per heavy atom. The maximum absolute atomic E-state index is 11.5. The number of morpholine rings is 1. The van der Waals surface area contributed by atoms with E-state index in [0.29, 0.717) is 11.6 Å². The Balaban J connectivity index is 1.96. The van der Waals surface area contributed by atoms with Crippen LogP contribution in [-0.4, -0.2) is 36.4 Å². The monoisotopic (exact) mass is 295 g/mol. The van der Waals surface area contributed by atoms with E-state index in [-0.39, 0.29) is 17.7 Å². The first-order chi connectivity index (χ1) is 9.66. The summed E-state index contributed by atoms with van der Waals surface area (Å²) in [6.45, 7) is 1.39. The van der Waals surface area contributed by atoms with Gasteiger partial charge in [-0.3, -0.25) is 0 Å². The predicted molar refractivity (Wildman–Crippen MR) is 77.8 cm³/mol. The molecule has 0 amide bonds. The fourth-order valence-electron chi connectivity index (χ4n) is 3.33. The van der Waals surface area contributed by atoms with Crippen molar-refractivity contribution in [2.24, 2.45) is 0 Å². The molecule has 3 rings (SSSR count). The number of hydrogen-bond donors (Lipinski definition) is 1. The van der Waals surface area contributed by atoms with Crippen LogP contribution in [0.15, 0.2) is 18.2 Å². The third-order valence-electron chi connectivity index (χ3n) is 4.23. The molecule has 1 aromatic rings. The molecule has 0 bridgehead atoms. The van der Waals surface area contributed by atoms with Gasteiger partial charge in [-0.2, -0.15) is 0 Å². The van der Waals surface area contributed by atoms with Gasteiger partial charge in [0.1, 0.15) is 0 Å². The zero-order chi connectivity index (χ0) is 14.1. The number of carboxylic acid groups (broad SMARTS) is 1. The molecule has 108 valence electrons. The van der Waals surface area contributed by atoms with Gasteiger partial charge in [0.25, 0.3) is 0 Å². The highest BCUT2D eigenvalue weighted by atomic mass is 35.5. The SMILES string of the molecule is O=C(O)c1cc(Cl)ccc1N1CCOC2CCCCC21. The molecular weight excluding hydrogens is 278 g/mol. The summed E-state index contributed by atoms with van der Waals surface area (Å²) in [6, 6.07) is 5.41. The van der Waals surface area contributed by atoms with Crippen LogP contribution in [0.3, 0.4) is 0 Å². The van der Waals surface area contributed by atoms with Crippen molar-refractivity contribution in [1.29, 1.82) is 0 Å². The van der Waals surface area contributed by atoms with Gasteiger partial charge in [0.15, 0.2) is 0 Å². The summed E-state index contributed by atoms with van der Waals surface area (Å²) in [4.78, 5) is 13.7. The van der Waals surface area contributed by atoms with Crippen LogP contribution in [0.25, 0.3) is 0 Å². The number of fused-ring (bicyclic) bond motifs is 1. The number of aromatic carboxylic acids is 1. The molecule has 1 N–H and O–H groups in total. The van der Waals surface area contributed by atoms with Crippen molar-refractivity contribution < 1.29 is 14.6 Å². The summed E-state index contributed by atoms with van der Waals surface area (Å²) in [5, 5.41) is 9.86. The van der Waals surface area contributed by atoms with Crippen LogP contribution in [-0.2, 0) is 4.74 Å². The molecule has 2 aliphatic rings. The van der Waals surface area contributed by atoms with Crippen molar-refractivity contribution in [3.63, 3.8) is 0 Å². The Morgan fingerprint density at radius 2 is 2.15 bits per heavy atom. The van der Waals surface area contributed by atoms with E-state index in [4.69, 9.17) is 16.3 Å². The molecule has 1 saturated carbocycles. The molecule has 0 spiro atoms. The molecule has 2 unspecified atom stereocenters. The Kier molecular flexibility index (Phi) is 3.85. The van der Waals surface area contributed by atoms with Crippen molar-refractivity contribution in [3.8, 4) is 0 Å². The van der Waals surface area contributed by atoms with Gasteiger partial charge in [-0.1, -0.05) is 24.4 Å². The maximum Gasteiger partial charge on any atom is 0.337 e. The van der Waals surface area contributed by atoms with Crippen molar-refractivity contribution in [1.82, 2.24) is 0 Å². The predicted octanol–water partition coefficient (Wildman–Crippen LogP) is 3.19. The molecule has 1 aliphatic carbocycles. The highest BCUT2D eigenvalue weighted by molar-refractivity contribution is 6.31. The first kappa shape index (κ1) is 13.7. The third kappa shape index (κ3) is 2.50. The summed E-state index contributed by atoms with van der Waals surface area (Å²) in [7, 11) is 0. The molecule has 1 aromatic carbocycles. The zero-order valence-corrected chi connectivity index (χ0v) is 12.0. The van der Waals surface area contributed by atoms with Gasteiger partial charge in [0.2, 0.25) is 0 Å². The zero-order valence-electron chi connectivity index (χ0n) is 11.2. The van der Waals surface area contributed by atoms with Crippen LogP contribution >= 0.6 is 11.6 Å². The lowest BCUT2D eigenvalue weighted by Crippen LogP contribution is -2.53. The largest absolute Gasteiger partial charge is 0.478 e. The van der Waals surface area contributed by atoms with E-state index in [1.54, 1.807) is 6.07 Å².